The van der Waals surface area contributed by atoms with Crippen LogP contribution in [-0.4, -0.2) is 49.4 Å². The van der Waals surface area contributed by atoms with Crippen LogP contribution < -0.4 is 9.64 Å². The number of benzene rings is 2. The summed E-state index contributed by atoms with van der Waals surface area (Å²) in [6.07, 6.45) is 0. The molecule has 0 aliphatic carbocycles. The molecule has 0 saturated carbocycles. The number of halogens is 1. The van der Waals surface area contributed by atoms with Crippen LogP contribution in [0.4, 0.5) is 10.1 Å². The molecular formula is C20H21FN2O3. The van der Waals surface area contributed by atoms with Gasteiger partial charge < -0.3 is 14.5 Å². The van der Waals surface area contributed by atoms with Crippen molar-refractivity contribution in [1.82, 2.24) is 4.90 Å². The highest BCUT2D eigenvalue weighted by atomic mass is 19.1. The lowest BCUT2D eigenvalue weighted by molar-refractivity contribution is -0.133. The minimum atomic E-state index is -0.254. The molecule has 6 heteroatoms. The predicted molar refractivity (Wildman–Crippen MR) is 97.1 cm³/mol. The zero-order valence-corrected chi connectivity index (χ0v) is 14.7. The highest BCUT2D eigenvalue weighted by Gasteiger charge is 2.21. The first kappa shape index (κ1) is 17.9. The molecule has 0 atom stereocenters. The SMILES string of the molecule is CC(=O)c1ccc(OCC(=O)N2CCN(c3ccc(F)cc3)CC2)cc1. The molecule has 26 heavy (non-hydrogen) atoms. The number of anilines is 1. The van der Waals surface area contributed by atoms with Crippen molar-refractivity contribution in [3.05, 3.63) is 59.9 Å². The largest absolute Gasteiger partial charge is 0.484 e. The maximum Gasteiger partial charge on any atom is 0.260 e. The molecule has 1 fully saturated rings. The van der Waals surface area contributed by atoms with E-state index in [1.165, 1.54) is 19.1 Å². The lowest BCUT2D eigenvalue weighted by Gasteiger charge is -2.36. The Kier molecular flexibility index (Phi) is 5.51. The van der Waals surface area contributed by atoms with Crippen LogP contribution >= 0.6 is 0 Å². The number of carbonyl (C=O) groups is 2. The molecule has 2 aromatic carbocycles. The maximum atomic E-state index is 13.0. The molecule has 1 heterocycles. The molecule has 136 valence electrons. The fraction of sp³-hybridized carbons (Fsp3) is 0.300. The van der Waals surface area contributed by atoms with Gasteiger partial charge in [-0.1, -0.05) is 0 Å². The number of rotatable bonds is 5. The molecule has 1 amide bonds. The molecule has 1 saturated heterocycles. The van der Waals surface area contributed by atoms with Gasteiger partial charge in [-0.05, 0) is 55.5 Å². The van der Waals surface area contributed by atoms with Crippen LogP contribution in [0, 0.1) is 5.82 Å². The van der Waals surface area contributed by atoms with Gasteiger partial charge in [0.15, 0.2) is 12.4 Å². The average molecular weight is 356 g/mol. The molecule has 2 aromatic rings. The van der Waals surface area contributed by atoms with E-state index in [0.29, 0.717) is 37.5 Å². The van der Waals surface area contributed by atoms with Gasteiger partial charge in [-0.2, -0.15) is 0 Å². The Morgan fingerprint density at radius 3 is 2.15 bits per heavy atom. The molecule has 5 nitrogen and oxygen atoms in total. The quantitative estimate of drug-likeness (QED) is 0.773. The van der Waals surface area contributed by atoms with Gasteiger partial charge in [0.25, 0.3) is 5.91 Å². The van der Waals surface area contributed by atoms with Gasteiger partial charge >= 0.3 is 0 Å². The second kappa shape index (κ2) is 7.99. The van der Waals surface area contributed by atoms with Crippen LogP contribution in [0.1, 0.15) is 17.3 Å². The van der Waals surface area contributed by atoms with E-state index in [-0.39, 0.29) is 24.1 Å². The number of hydrogen-bond acceptors (Lipinski definition) is 4. The molecule has 1 aliphatic rings. The molecule has 3 rings (SSSR count). The number of Topliss-reactive ketones (excluding diaryl/α,β-unsaturated/α-hetero) is 1. The predicted octanol–water partition coefficient (Wildman–Crippen LogP) is 2.76. The van der Waals surface area contributed by atoms with Gasteiger partial charge in [0, 0.05) is 37.4 Å². The van der Waals surface area contributed by atoms with Crippen molar-refractivity contribution in [2.24, 2.45) is 0 Å². The summed E-state index contributed by atoms with van der Waals surface area (Å²) in [4.78, 5) is 27.5. The highest BCUT2D eigenvalue weighted by Crippen LogP contribution is 2.17. The minimum absolute atomic E-state index is 0.00773. The molecule has 0 spiro atoms. The Morgan fingerprint density at radius 2 is 1.58 bits per heavy atom. The summed E-state index contributed by atoms with van der Waals surface area (Å²) in [6.45, 7) is 4.07. The highest BCUT2D eigenvalue weighted by molar-refractivity contribution is 5.94. The number of hydrogen-bond donors (Lipinski definition) is 0. The summed E-state index contributed by atoms with van der Waals surface area (Å²) in [5.74, 6) is 0.232. The number of ketones is 1. The van der Waals surface area contributed by atoms with E-state index in [1.807, 2.05) is 0 Å². The van der Waals surface area contributed by atoms with E-state index in [9.17, 15) is 14.0 Å². The number of nitrogens with zero attached hydrogens (tertiary/aromatic N) is 2. The Bertz CT molecular complexity index is 767. The second-order valence-electron chi connectivity index (χ2n) is 6.21. The topological polar surface area (TPSA) is 49.9 Å². The zero-order valence-electron chi connectivity index (χ0n) is 14.7. The minimum Gasteiger partial charge on any atom is -0.484 e. The van der Waals surface area contributed by atoms with Crippen LogP contribution in [0.5, 0.6) is 5.75 Å². The summed E-state index contributed by atoms with van der Waals surface area (Å²) < 4.78 is 18.5. The van der Waals surface area contributed by atoms with Crippen molar-refractivity contribution in [1.29, 1.82) is 0 Å². The smallest absolute Gasteiger partial charge is 0.260 e. The molecule has 0 aromatic heterocycles. The Balaban J connectivity index is 1.47. The van der Waals surface area contributed by atoms with Crippen LogP contribution in [0.15, 0.2) is 48.5 Å². The third kappa shape index (κ3) is 4.39. The summed E-state index contributed by atoms with van der Waals surface area (Å²) in [7, 11) is 0. The van der Waals surface area contributed by atoms with E-state index >= 15 is 0 Å². The van der Waals surface area contributed by atoms with Gasteiger partial charge in [-0.3, -0.25) is 9.59 Å². The van der Waals surface area contributed by atoms with Crippen molar-refractivity contribution >= 4 is 17.4 Å². The second-order valence-corrected chi connectivity index (χ2v) is 6.21. The van der Waals surface area contributed by atoms with Gasteiger partial charge in [0.1, 0.15) is 11.6 Å². The monoisotopic (exact) mass is 356 g/mol. The van der Waals surface area contributed by atoms with E-state index in [2.05, 4.69) is 4.90 Å². The molecule has 0 unspecified atom stereocenters. The first-order valence-electron chi connectivity index (χ1n) is 8.55. The van der Waals surface area contributed by atoms with Crippen molar-refractivity contribution in [3.8, 4) is 5.75 Å². The van der Waals surface area contributed by atoms with Crippen LogP contribution in [0.2, 0.25) is 0 Å². The van der Waals surface area contributed by atoms with Crippen molar-refractivity contribution in [2.45, 2.75) is 6.92 Å². The number of amides is 1. The van der Waals surface area contributed by atoms with Crippen molar-refractivity contribution in [3.63, 3.8) is 0 Å². The van der Waals surface area contributed by atoms with Crippen molar-refractivity contribution < 1.29 is 18.7 Å². The van der Waals surface area contributed by atoms with E-state index < -0.39 is 0 Å². The first-order valence-corrected chi connectivity index (χ1v) is 8.55. The van der Waals surface area contributed by atoms with E-state index in [1.54, 1.807) is 41.3 Å². The van der Waals surface area contributed by atoms with Crippen molar-refractivity contribution in [2.75, 3.05) is 37.7 Å². The lowest BCUT2D eigenvalue weighted by Crippen LogP contribution is -2.50. The number of ether oxygens (including phenoxy) is 1. The number of piperazine rings is 1. The maximum absolute atomic E-state index is 13.0. The Labute approximate surface area is 152 Å². The molecule has 0 N–H and O–H groups in total. The summed E-state index contributed by atoms with van der Waals surface area (Å²) >= 11 is 0. The van der Waals surface area contributed by atoms with Gasteiger partial charge in [0.2, 0.25) is 0 Å². The number of carbonyl (C=O) groups excluding carboxylic acids is 2. The third-order valence-electron chi connectivity index (χ3n) is 4.45. The fourth-order valence-corrected chi connectivity index (χ4v) is 2.89. The van der Waals surface area contributed by atoms with Gasteiger partial charge in [-0.25, -0.2) is 4.39 Å². The van der Waals surface area contributed by atoms with Crippen LogP contribution in [-0.2, 0) is 4.79 Å². The zero-order chi connectivity index (χ0) is 18.5. The third-order valence-corrected chi connectivity index (χ3v) is 4.45. The lowest BCUT2D eigenvalue weighted by atomic mass is 10.1. The van der Waals surface area contributed by atoms with Crippen LogP contribution in [0.3, 0.4) is 0 Å². The average Bonchev–Trinajstić information content (AvgIpc) is 2.67. The molecule has 0 bridgehead atoms. The summed E-state index contributed by atoms with van der Waals surface area (Å²) in [5.41, 5.74) is 1.57. The standard InChI is InChI=1S/C20H21FN2O3/c1-15(24)16-2-8-19(9-3-16)26-14-20(25)23-12-10-22(11-13-23)18-6-4-17(21)5-7-18/h2-9H,10-14H2,1H3. The molecule has 1 aliphatic heterocycles. The van der Waals surface area contributed by atoms with Crippen LogP contribution in [0.25, 0.3) is 0 Å². The Hall–Kier alpha value is -2.89. The summed E-state index contributed by atoms with van der Waals surface area (Å²) in [6, 6.07) is 13.1. The van der Waals surface area contributed by atoms with E-state index in [0.717, 1.165) is 5.69 Å². The summed E-state index contributed by atoms with van der Waals surface area (Å²) in [5, 5.41) is 0. The van der Waals surface area contributed by atoms with Gasteiger partial charge in [0.05, 0.1) is 0 Å². The first-order chi connectivity index (χ1) is 12.5. The van der Waals surface area contributed by atoms with Gasteiger partial charge in [-0.15, -0.1) is 0 Å². The normalized spacial score (nSPS) is 14.2. The molecular weight excluding hydrogens is 335 g/mol. The van der Waals surface area contributed by atoms with E-state index in [4.69, 9.17) is 4.74 Å². The molecule has 0 radical (unpaired) electrons. The Morgan fingerprint density at radius 1 is 0.962 bits per heavy atom. The fourth-order valence-electron chi connectivity index (χ4n) is 2.89.